The van der Waals surface area contributed by atoms with Crippen molar-refractivity contribution >= 4 is 17.8 Å². The van der Waals surface area contributed by atoms with Gasteiger partial charge in [-0.2, -0.15) is 0 Å². The maximum atomic E-state index is 14.5. The first-order valence-electron chi connectivity index (χ1n) is 18.1. The number of nitrogens with one attached hydrogen (secondary N) is 1. The van der Waals surface area contributed by atoms with Crippen molar-refractivity contribution < 1.29 is 33.7 Å². The molecule has 2 unspecified atom stereocenters. The van der Waals surface area contributed by atoms with Crippen LogP contribution in [0.5, 0.6) is 28.7 Å². The van der Waals surface area contributed by atoms with Crippen LogP contribution in [0.1, 0.15) is 93.6 Å². The summed E-state index contributed by atoms with van der Waals surface area (Å²) in [6.07, 6.45) is 4.91. The van der Waals surface area contributed by atoms with E-state index in [4.69, 9.17) is 14.2 Å². The van der Waals surface area contributed by atoms with Gasteiger partial charge in [0.15, 0.2) is 0 Å². The summed E-state index contributed by atoms with van der Waals surface area (Å²) in [5.74, 6) is 1.86. The molecule has 0 radical (unpaired) electrons. The summed E-state index contributed by atoms with van der Waals surface area (Å²) in [5, 5.41) is 12.9. The number of methoxy groups -OCH3 is 1. The van der Waals surface area contributed by atoms with Crippen molar-refractivity contribution in [3.8, 4) is 28.7 Å². The highest BCUT2D eigenvalue weighted by molar-refractivity contribution is 5.90. The predicted molar refractivity (Wildman–Crippen MR) is 199 cm³/mol. The molecule has 0 bridgehead atoms. The van der Waals surface area contributed by atoms with Crippen LogP contribution >= 0.6 is 0 Å². The molecule has 1 aliphatic carbocycles. The lowest BCUT2D eigenvalue weighted by atomic mass is 9.87. The average Bonchev–Trinajstić information content (AvgIpc) is 3.64. The highest BCUT2D eigenvalue weighted by Gasteiger charge is 2.38. The van der Waals surface area contributed by atoms with Gasteiger partial charge in [0, 0.05) is 13.0 Å². The van der Waals surface area contributed by atoms with Crippen LogP contribution in [0.25, 0.3) is 0 Å². The molecule has 1 fully saturated rings. The van der Waals surface area contributed by atoms with Gasteiger partial charge in [-0.3, -0.25) is 14.4 Å². The lowest BCUT2D eigenvalue weighted by Crippen LogP contribution is -2.48. The molecule has 52 heavy (non-hydrogen) atoms. The molecule has 0 spiro atoms. The minimum Gasteiger partial charge on any atom is -0.497 e. The van der Waals surface area contributed by atoms with Crippen LogP contribution in [-0.2, 0) is 26.2 Å². The zero-order valence-electron chi connectivity index (χ0n) is 30.4. The summed E-state index contributed by atoms with van der Waals surface area (Å²) in [7, 11) is 1.60. The average molecular weight is 705 g/mol. The van der Waals surface area contributed by atoms with Gasteiger partial charge < -0.3 is 29.5 Å². The van der Waals surface area contributed by atoms with Crippen LogP contribution in [0, 0.1) is 5.92 Å². The Hall–Kier alpha value is -5.31. The Bertz CT molecular complexity index is 1860. The Balaban J connectivity index is 1.26. The molecular weight excluding hydrogens is 656 g/mol. The van der Waals surface area contributed by atoms with Crippen LogP contribution in [0.2, 0.25) is 0 Å². The molecule has 2 N–H and O–H groups in total. The maximum Gasteiger partial charge on any atom is 0.305 e. The SMILES string of the molecule is COc1ccc(Oc2ccc(C(CC(=O)O)NC(=O)C3c4cc(Oc5ccc(C(C)(C)C)cc5)ccc4CCN3C(=O)CC3CCCC3)cc2)cc1. The van der Waals surface area contributed by atoms with Gasteiger partial charge in [-0.1, -0.05) is 63.9 Å². The first-order chi connectivity index (χ1) is 25.0. The maximum absolute atomic E-state index is 14.5. The van der Waals surface area contributed by atoms with Gasteiger partial charge >= 0.3 is 5.97 Å². The number of fused-ring (bicyclic) bond motifs is 1. The number of nitrogens with zero attached hydrogens (tertiary/aromatic N) is 1. The largest absolute Gasteiger partial charge is 0.497 e. The summed E-state index contributed by atoms with van der Waals surface area (Å²) in [4.78, 5) is 42.2. The lowest BCUT2D eigenvalue weighted by molar-refractivity contribution is -0.143. The molecule has 2 amide bonds. The summed E-state index contributed by atoms with van der Waals surface area (Å²) >= 11 is 0. The number of rotatable bonds is 12. The zero-order valence-corrected chi connectivity index (χ0v) is 30.4. The molecule has 1 saturated carbocycles. The van der Waals surface area contributed by atoms with E-state index >= 15 is 0 Å². The molecule has 0 saturated heterocycles. The Labute approximate surface area is 305 Å². The first kappa shape index (κ1) is 36.5. The van der Waals surface area contributed by atoms with E-state index in [1.54, 1.807) is 60.5 Å². The topological polar surface area (TPSA) is 114 Å². The van der Waals surface area contributed by atoms with Gasteiger partial charge in [-0.25, -0.2) is 0 Å². The molecule has 4 aromatic carbocycles. The number of ether oxygens (including phenoxy) is 3. The number of carbonyl (C=O) groups excluding carboxylic acids is 2. The van der Waals surface area contributed by atoms with Crippen molar-refractivity contribution in [2.24, 2.45) is 5.92 Å². The van der Waals surface area contributed by atoms with Crippen LogP contribution in [0.4, 0.5) is 0 Å². The summed E-state index contributed by atoms with van der Waals surface area (Å²) in [6, 6.07) is 26.0. The second-order valence-electron chi connectivity index (χ2n) is 14.8. The highest BCUT2D eigenvalue weighted by atomic mass is 16.5. The number of carboxylic acid groups (broad SMARTS) is 1. The van der Waals surface area contributed by atoms with E-state index in [0.29, 0.717) is 65.2 Å². The Morgan fingerprint density at radius 3 is 1.96 bits per heavy atom. The van der Waals surface area contributed by atoms with Gasteiger partial charge in [0.05, 0.1) is 19.6 Å². The third-order valence-electron chi connectivity index (χ3n) is 10.1. The van der Waals surface area contributed by atoms with Gasteiger partial charge in [-0.05, 0) is 114 Å². The predicted octanol–water partition coefficient (Wildman–Crippen LogP) is 8.92. The number of benzene rings is 4. The first-order valence-corrected chi connectivity index (χ1v) is 18.1. The summed E-state index contributed by atoms with van der Waals surface area (Å²) in [6.45, 7) is 6.87. The molecule has 2 atom stereocenters. The quantitative estimate of drug-likeness (QED) is 0.151. The van der Waals surface area contributed by atoms with Gasteiger partial charge in [0.2, 0.25) is 11.8 Å². The van der Waals surface area contributed by atoms with Gasteiger partial charge in [-0.15, -0.1) is 0 Å². The summed E-state index contributed by atoms with van der Waals surface area (Å²) < 4.78 is 17.5. The normalized spacial score (nSPS) is 16.5. The van der Waals surface area contributed by atoms with Crippen molar-refractivity contribution in [3.63, 3.8) is 0 Å². The fraction of sp³-hybridized carbons (Fsp3) is 0.372. The molecule has 9 nitrogen and oxygen atoms in total. The number of carbonyl (C=O) groups is 3. The van der Waals surface area contributed by atoms with Crippen molar-refractivity contribution in [1.29, 1.82) is 0 Å². The van der Waals surface area contributed by atoms with E-state index in [1.165, 1.54) is 5.56 Å². The van der Waals surface area contributed by atoms with E-state index in [-0.39, 0.29) is 17.7 Å². The second kappa shape index (κ2) is 15.9. The number of hydrogen-bond acceptors (Lipinski definition) is 6. The number of hydrogen-bond donors (Lipinski definition) is 2. The molecular formula is C43H48N2O7. The van der Waals surface area contributed by atoms with E-state index in [1.807, 2.05) is 42.5 Å². The molecule has 272 valence electrons. The highest BCUT2D eigenvalue weighted by Crippen LogP contribution is 2.38. The van der Waals surface area contributed by atoms with E-state index < -0.39 is 24.0 Å². The molecule has 0 aromatic heterocycles. The third kappa shape index (κ3) is 8.94. The number of carboxylic acids is 1. The minimum atomic E-state index is -1.06. The second-order valence-corrected chi connectivity index (χ2v) is 14.8. The van der Waals surface area contributed by atoms with E-state index in [0.717, 1.165) is 31.2 Å². The fourth-order valence-corrected chi connectivity index (χ4v) is 7.17. The van der Waals surface area contributed by atoms with Crippen molar-refractivity contribution in [1.82, 2.24) is 10.2 Å². The minimum absolute atomic E-state index is 0.00496. The fourth-order valence-electron chi connectivity index (χ4n) is 7.17. The molecule has 6 rings (SSSR count). The van der Waals surface area contributed by atoms with Crippen LogP contribution < -0.4 is 19.5 Å². The number of aliphatic carboxylic acids is 1. The van der Waals surface area contributed by atoms with Crippen LogP contribution in [-0.4, -0.2) is 41.4 Å². The van der Waals surface area contributed by atoms with Crippen molar-refractivity contribution in [2.75, 3.05) is 13.7 Å². The van der Waals surface area contributed by atoms with Gasteiger partial charge in [0.25, 0.3) is 0 Å². The standard InChI is InChI=1S/C43H48N2O7/c1-43(2,3)31-12-17-34(18-13-31)52-36-16-9-29-23-24-45(39(46)25-28-7-5-6-8-28)41(37(29)26-36)42(49)44-38(27-40(47)48)30-10-14-33(15-11-30)51-35-21-19-32(50-4)20-22-35/h9-22,26,28,38,41H,5-8,23-25,27H2,1-4H3,(H,44,49)(H,47,48). The Kier molecular flexibility index (Phi) is 11.2. The Morgan fingerprint density at radius 2 is 1.37 bits per heavy atom. The van der Waals surface area contributed by atoms with Gasteiger partial charge in [0.1, 0.15) is 34.8 Å². The lowest BCUT2D eigenvalue weighted by Gasteiger charge is -2.38. The smallest absolute Gasteiger partial charge is 0.305 e. The monoisotopic (exact) mass is 704 g/mol. The Morgan fingerprint density at radius 1 is 0.808 bits per heavy atom. The molecule has 4 aromatic rings. The van der Waals surface area contributed by atoms with E-state index in [9.17, 15) is 19.5 Å². The third-order valence-corrected chi connectivity index (χ3v) is 10.1. The number of amides is 2. The van der Waals surface area contributed by atoms with Crippen molar-refractivity contribution in [2.45, 2.75) is 83.2 Å². The zero-order chi connectivity index (χ0) is 36.8. The van der Waals surface area contributed by atoms with Crippen molar-refractivity contribution in [3.05, 3.63) is 113 Å². The van der Waals surface area contributed by atoms with E-state index in [2.05, 4.69) is 26.1 Å². The molecule has 1 aliphatic heterocycles. The molecule has 9 heteroatoms. The van der Waals surface area contributed by atoms with Crippen LogP contribution in [0.3, 0.4) is 0 Å². The molecule has 1 heterocycles. The summed E-state index contributed by atoms with van der Waals surface area (Å²) in [5.41, 5.74) is 3.44. The molecule has 2 aliphatic rings. The van der Waals surface area contributed by atoms with Crippen LogP contribution in [0.15, 0.2) is 91.0 Å².